The highest BCUT2D eigenvalue weighted by Gasteiger charge is 2.22. The van der Waals surface area contributed by atoms with Gasteiger partial charge in [-0.05, 0) is 48.7 Å². The molecule has 0 aliphatic carbocycles. The molecule has 3 aromatic rings. The molecule has 0 radical (unpaired) electrons. The van der Waals surface area contributed by atoms with Gasteiger partial charge in [-0.1, -0.05) is 50.1 Å². The van der Waals surface area contributed by atoms with Gasteiger partial charge < -0.3 is 9.73 Å². The zero-order chi connectivity index (χ0) is 20.7. The molecular formula is C23H25NO4S. The lowest BCUT2D eigenvalue weighted by Crippen LogP contribution is -2.14. The zero-order valence-electron chi connectivity index (χ0n) is 16.4. The lowest BCUT2D eigenvalue weighted by Gasteiger charge is -2.07. The summed E-state index contributed by atoms with van der Waals surface area (Å²) in [6.45, 7) is 2.17. The van der Waals surface area contributed by atoms with Gasteiger partial charge in [-0.25, -0.2) is 8.42 Å². The van der Waals surface area contributed by atoms with Crippen molar-refractivity contribution in [2.75, 3.05) is 5.32 Å². The Morgan fingerprint density at radius 3 is 2.38 bits per heavy atom. The van der Waals surface area contributed by atoms with Crippen LogP contribution in [0.2, 0.25) is 0 Å². The Kier molecular flexibility index (Phi) is 6.88. The van der Waals surface area contributed by atoms with Crippen LogP contribution < -0.4 is 5.32 Å². The summed E-state index contributed by atoms with van der Waals surface area (Å²) in [6, 6.07) is 17.4. The summed E-state index contributed by atoms with van der Waals surface area (Å²) in [7, 11) is -3.57. The van der Waals surface area contributed by atoms with E-state index in [2.05, 4.69) is 12.2 Å². The number of aryl methyl sites for hydroxylation is 1. The van der Waals surface area contributed by atoms with E-state index >= 15 is 0 Å². The third-order valence-corrected chi connectivity index (χ3v) is 6.36. The smallest absolute Gasteiger partial charge is 0.291 e. The molecule has 5 nitrogen and oxygen atoms in total. The molecule has 1 aromatic heterocycles. The molecule has 2 aromatic carbocycles. The average molecular weight is 412 g/mol. The summed E-state index contributed by atoms with van der Waals surface area (Å²) < 4.78 is 30.5. The Bertz CT molecular complexity index is 1040. The van der Waals surface area contributed by atoms with Crippen molar-refractivity contribution in [3.8, 4) is 0 Å². The van der Waals surface area contributed by atoms with Gasteiger partial charge in [-0.15, -0.1) is 0 Å². The predicted octanol–water partition coefficient (Wildman–Crippen LogP) is 5.24. The quantitative estimate of drug-likeness (QED) is 0.489. The molecule has 0 unspecified atom stereocenters. The van der Waals surface area contributed by atoms with Crippen molar-refractivity contribution in [2.45, 2.75) is 43.3 Å². The topological polar surface area (TPSA) is 76.4 Å². The number of carbonyl (C=O) groups excluding carboxylic acids is 1. The number of anilines is 1. The normalized spacial score (nSPS) is 11.3. The van der Waals surface area contributed by atoms with Crippen LogP contribution in [0.4, 0.5) is 5.69 Å². The molecule has 3 rings (SSSR count). The number of benzene rings is 2. The minimum atomic E-state index is -3.57. The predicted molar refractivity (Wildman–Crippen MR) is 114 cm³/mol. The van der Waals surface area contributed by atoms with Crippen LogP contribution in [0.15, 0.2) is 76.2 Å². The fraction of sp³-hybridized carbons (Fsp3) is 0.261. The van der Waals surface area contributed by atoms with Gasteiger partial charge in [0, 0.05) is 11.3 Å². The zero-order valence-corrected chi connectivity index (χ0v) is 17.2. The Morgan fingerprint density at radius 2 is 1.69 bits per heavy atom. The third-order valence-electron chi connectivity index (χ3n) is 4.68. The summed E-state index contributed by atoms with van der Waals surface area (Å²) in [5, 5.41) is 2.78. The first-order valence-corrected chi connectivity index (χ1v) is 11.4. The fourth-order valence-electron chi connectivity index (χ4n) is 3.09. The number of rotatable bonds is 9. The van der Waals surface area contributed by atoms with E-state index < -0.39 is 15.7 Å². The average Bonchev–Trinajstić information content (AvgIpc) is 3.18. The van der Waals surface area contributed by atoms with E-state index in [0.29, 0.717) is 11.3 Å². The standard InChI is InChI=1S/C23H25NO4S/c1-2-3-5-8-18-11-13-20(14-12-18)24-23(25)22-19(15-16-28-22)17-29(26,27)21-9-6-4-7-10-21/h4,6-7,9-16H,2-3,5,8,17H2,1H3,(H,24,25). The van der Waals surface area contributed by atoms with Gasteiger partial charge in [0.15, 0.2) is 15.6 Å². The van der Waals surface area contributed by atoms with Crippen molar-refractivity contribution in [2.24, 2.45) is 0 Å². The van der Waals surface area contributed by atoms with Crippen molar-refractivity contribution >= 4 is 21.4 Å². The molecule has 0 spiro atoms. The van der Waals surface area contributed by atoms with Crippen molar-refractivity contribution < 1.29 is 17.6 Å². The molecule has 1 amide bonds. The first-order chi connectivity index (χ1) is 14.0. The number of carbonyl (C=O) groups is 1. The Morgan fingerprint density at radius 1 is 0.966 bits per heavy atom. The molecule has 152 valence electrons. The highest BCUT2D eigenvalue weighted by Crippen LogP contribution is 2.21. The molecular weight excluding hydrogens is 386 g/mol. The van der Waals surface area contributed by atoms with E-state index in [4.69, 9.17) is 4.42 Å². The second kappa shape index (κ2) is 9.56. The van der Waals surface area contributed by atoms with Crippen LogP contribution in [0.5, 0.6) is 0 Å². The molecule has 0 aliphatic heterocycles. The number of hydrogen-bond donors (Lipinski definition) is 1. The van der Waals surface area contributed by atoms with Crippen LogP contribution in [-0.2, 0) is 22.0 Å². The van der Waals surface area contributed by atoms with Gasteiger partial charge in [0.05, 0.1) is 16.9 Å². The largest absolute Gasteiger partial charge is 0.459 e. The maximum atomic E-state index is 12.6. The number of sulfone groups is 1. The molecule has 29 heavy (non-hydrogen) atoms. The molecule has 6 heteroatoms. The summed E-state index contributed by atoms with van der Waals surface area (Å²) in [5.41, 5.74) is 2.20. The molecule has 0 atom stereocenters. The second-order valence-electron chi connectivity index (χ2n) is 6.96. The molecule has 1 heterocycles. The van der Waals surface area contributed by atoms with Crippen LogP contribution in [-0.4, -0.2) is 14.3 Å². The molecule has 0 bridgehead atoms. The number of unbranched alkanes of at least 4 members (excludes halogenated alkanes) is 2. The van der Waals surface area contributed by atoms with Crippen LogP contribution in [0.25, 0.3) is 0 Å². The van der Waals surface area contributed by atoms with Crippen molar-refractivity contribution in [1.29, 1.82) is 0 Å². The van der Waals surface area contributed by atoms with Gasteiger partial charge in [0.1, 0.15) is 0 Å². The first-order valence-electron chi connectivity index (χ1n) is 9.74. The summed E-state index contributed by atoms with van der Waals surface area (Å²) in [6.07, 6.45) is 5.88. The van der Waals surface area contributed by atoms with Gasteiger partial charge in [-0.2, -0.15) is 0 Å². The summed E-state index contributed by atoms with van der Waals surface area (Å²) in [4.78, 5) is 12.8. The van der Waals surface area contributed by atoms with Gasteiger partial charge in [0.2, 0.25) is 0 Å². The number of furan rings is 1. The molecule has 0 saturated carbocycles. The maximum absolute atomic E-state index is 12.6. The third kappa shape index (κ3) is 5.57. The monoisotopic (exact) mass is 411 g/mol. The van der Waals surface area contributed by atoms with Crippen molar-refractivity contribution in [3.05, 3.63) is 83.8 Å². The first kappa shape index (κ1) is 20.9. The van der Waals surface area contributed by atoms with E-state index in [1.807, 2.05) is 24.3 Å². The van der Waals surface area contributed by atoms with Crippen molar-refractivity contribution in [1.82, 2.24) is 0 Å². The second-order valence-corrected chi connectivity index (χ2v) is 8.94. The highest BCUT2D eigenvalue weighted by molar-refractivity contribution is 7.90. The van der Waals surface area contributed by atoms with Crippen LogP contribution in [0.1, 0.15) is 47.9 Å². The van der Waals surface area contributed by atoms with Crippen LogP contribution >= 0.6 is 0 Å². The lowest BCUT2D eigenvalue weighted by atomic mass is 10.1. The minimum absolute atomic E-state index is 0.0107. The Labute approximate surface area is 171 Å². The van der Waals surface area contributed by atoms with Crippen LogP contribution in [0, 0.1) is 0 Å². The van der Waals surface area contributed by atoms with E-state index in [-0.39, 0.29) is 16.4 Å². The molecule has 0 fully saturated rings. The number of nitrogens with one attached hydrogen (secondary N) is 1. The Hall–Kier alpha value is -2.86. The van der Waals surface area contributed by atoms with Crippen molar-refractivity contribution in [3.63, 3.8) is 0 Å². The summed E-state index contributed by atoms with van der Waals surface area (Å²) in [5.74, 6) is -0.754. The van der Waals surface area contributed by atoms with E-state index in [0.717, 1.165) is 12.8 Å². The van der Waals surface area contributed by atoms with E-state index in [1.54, 1.807) is 18.2 Å². The fourth-order valence-corrected chi connectivity index (χ4v) is 4.46. The molecule has 0 aliphatic rings. The number of hydrogen-bond acceptors (Lipinski definition) is 4. The van der Waals surface area contributed by atoms with Gasteiger partial charge in [-0.3, -0.25) is 4.79 Å². The minimum Gasteiger partial charge on any atom is -0.459 e. The van der Waals surface area contributed by atoms with Gasteiger partial charge >= 0.3 is 0 Å². The SMILES string of the molecule is CCCCCc1ccc(NC(=O)c2occc2CS(=O)(=O)c2ccccc2)cc1. The highest BCUT2D eigenvalue weighted by atomic mass is 32.2. The van der Waals surface area contributed by atoms with Crippen LogP contribution in [0.3, 0.4) is 0 Å². The number of amides is 1. The Balaban J connectivity index is 1.68. The molecule has 0 saturated heterocycles. The van der Waals surface area contributed by atoms with Gasteiger partial charge in [0.25, 0.3) is 5.91 Å². The summed E-state index contributed by atoms with van der Waals surface area (Å²) >= 11 is 0. The van der Waals surface area contributed by atoms with E-state index in [9.17, 15) is 13.2 Å². The maximum Gasteiger partial charge on any atom is 0.291 e. The van der Waals surface area contributed by atoms with E-state index in [1.165, 1.54) is 42.9 Å². The lowest BCUT2D eigenvalue weighted by molar-refractivity contribution is 0.0996. The molecule has 1 N–H and O–H groups in total.